The van der Waals surface area contributed by atoms with Gasteiger partial charge in [0.15, 0.2) is 0 Å². The van der Waals surface area contributed by atoms with E-state index in [2.05, 4.69) is 20.2 Å². The van der Waals surface area contributed by atoms with E-state index >= 15 is 0 Å². The van der Waals surface area contributed by atoms with Crippen LogP contribution >= 0.6 is 11.8 Å². The highest BCUT2D eigenvalue weighted by atomic mass is 32.2. The summed E-state index contributed by atoms with van der Waals surface area (Å²) in [6, 6.07) is 7.14. The first-order valence-corrected chi connectivity index (χ1v) is 13.6. The summed E-state index contributed by atoms with van der Waals surface area (Å²) >= 11 is 1.38. The molecule has 0 spiro atoms. The Kier molecular flexibility index (Phi) is 7.47. The number of hydrogen-bond acceptors (Lipinski definition) is 7. The van der Waals surface area contributed by atoms with Crippen molar-refractivity contribution in [3.05, 3.63) is 29.8 Å². The van der Waals surface area contributed by atoms with E-state index in [-0.39, 0.29) is 22.5 Å². The fourth-order valence-corrected chi connectivity index (χ4v) is 6.33. The molecule has 2 heterocycles. The Morgan fingerprint density at radius 1 is 1.16 bits per heavy atom. The summed E-state index contributed by atoms with van der Waals surface area (Å²) in [5.74, 6) is 0.429. The largest absolute Gasteiger partial charge is 0.342 e. The smallest absolute Gasteiger partial charge is 0.240 e. The number of carbonyl (C=O) groups excluding carboxylic acids is 1. The molecule has 174 valence electrons. The number of likely N-dealkylation sites (tertiary alicyclic amines) is 1. The van der Waals surface area contributed by atoms with Crippen molar-refractivity contribution >= 4 is 27.7 Å². The number of rotatable bonds is 8. The van der Waals surface area contributed by atoms with Gasteiger partial charge in [-0.3, -0.25) is 4.79 Å². The molecule has 0 bridgehead atoms. The van der Waals surface area contributed by atoms with E-state index in [0.29, 0.717) is 30.8 Å². The van der Waals surface area contributed by atoms with Gasteiger partial charge in [-0.25, -0.2) is 17.8 Å². The molecule has 1 aliphatic carbocycles. The fourth-order valence-electron chi connectivity index (χ4n) is 4.36. The summed E-state index contributed by atoms with van der Waals surface area (Å²) in [4.78, 5) is 14.9. The third kappa shape index (κ3) is 5.68. The van der Waals surface area contributed by atoms with Gasteiger partial charge >= 0.3 is 0 Å². The van der Waals surface area contributed by atoms with Crippen molar-refractivity contribution in [2.45, 2.75) is 61.5 Å². The molecule has 1 aromatic carbocycles. The molecule has 1 saturated heterocycles. The fraction of sp³-hybridized carbons (Fsp3) is 0.619. The van der Waals surface area contributed by atoms with Gasteiger partial charge in [0, 0.05) is 19.6 Å². The standard InChI is InChI=1S/C21H30N6O3S2/c1-16-8-10-19(11-9-16)32(29,30)22-13-17-5-4-12-26(14-17)20(28)15-31-21-23-24-25-27(21)18-6-2-3-7-18/h8-11,17-18,22H,2-7,12-15H2,1H3. The number of carbonyl (C=O) groups is 1. The van der Waals surface area contributed by atoms with Crippen LogP contribution in [-0.4, -0.2) is 64.8 Å². The number of nitrogens with one attached hydrogen (secondary N) is 1. The lowest BCUT2D eigenvalue weighted by Crippen LogP contribution is -2.44. The lowest BCUT2D eigenvalue weighted by molar-refractivity contribution is -0.130. The number of amides is 1. The first-order valence-electron chi connectivity index (χ1n) is 11.2. The van der Waals surface area contributed by atoms with Crippen molar-refractivity contribution in [3.8, 4) is 0 Å². The maximum absolute atomic E-state index is 12.8. The molecule has 9 nitrogen and oxygen atoms in total. The van der Waals surface area contributed by atoms with Crippen molar-refractivity contribution in [2.24, 2.45) is 5.92 Å². The van der Waals surface area contributed by atoms with Gasteiger partial charge in [-0.2, -0.15) is 0 Å². The van der Waals surface area contributed by atoms with E-state index in [9.17, 15) is 13.2 Å². The number of hydrogen-bond donors (Lipinski definition) is 1. The van der Waals surface area contributed by atoms with E-state index in [0.717, 1.165) is 31.2 Å². The monoisotopic (exact) mass is 478 g/mol. The Morgan fingerprint density at radius 2 is 1.91 bits per heavy atom. The Hall–Kier alpha value is -1.98. The molecule has 1 saturated carbocycles. The maximum Gasteiger partial charge on any atom is 0.240 e. The summed E-state index contributed by atoms with van der Waals surface area (Å²) in [6.45, 7) is 3.51. The van der Waals surface area contributed by atoms with E-state index in [1.807, 2.05) is 16.5 Å². The minimum absolute atomic E-state index is 0.0436. The number of sulfonamides is 1. The zero-order valence-electron chi connectivity index (χ0n) is 18.3. The molecule has 1 atom stereocenters. The van der Waals surface area contributed by atoms with Crippen molar-refractivity contribution in [3.63, 3.8) is 0 Å². The third-order valence-electron chi connectivity index (χ3n) is 6.22. The predicted molar refractivity (Wildman–Crippen MR) is 122 cm³/mol. The predicted octanol–water partition coefficient (Wildman–Crippen LogP) is 2.41. The van der Waals surface area contributed by atoms with Crippen LogP contribution in [0.3, 0.4) is 0 Å². The van der Waals surface area contributed by atoms with Crippen LogP contribution in [0.15, 0.2) is 34.3 Å². The Balaban J connectivity index is 1.28. The Bertz CT molecular complexity index is 1020. The van der Waals surface area contributed by atoms with Gasteiger partial charge in [0.25, 0.3) is 0 Å². The zero-order chi connectivity index (χ0) is 22.6. The summed E-state index contributed by atoms with van der Waals surface area (Å²) in [7, 11) is -3.55. The first kappa shape index (κ1) is 23.2. The average molecular weight is 479 g/mol. The van der Waals surface area contributed by atoms with Gasteiger partial charge in [0.2, 0.25) is 21.1 Å². The lowest BCUT2D eigenvalue weighted by atomic mass is 9.98. The average Bonchev–Trinajstić information content (AvgIpc) is 3.48. The molecule has 1 aromatic heterocycles. The molecular formula is C21H30N6O3S2. The lowest BCUT2D eigenvalue weighted by Gasteiger charge is -2.32. The van der Waals surface area contributed by atoms with Gasteiger partial charge < -0.3 is 4.90 Å². The molecular weight excluding hydrogens is 448 g/mol. The van der Waals surface area contributed by atoms with Gasteiger partial charge in [0.05, 0.1) is 16.7 Å². The van der Waals surface area contributed by atoms with E-state index in [1.54, 1.807) is 24.3 Å². The topological polar surface area (TPSA) is 110 Å². The van der Waals surface area contributed by atoms with Gasteiger partial charge in [-0.15, -0.1) is 5.10 Å². The van der Waals surface area contributed by atoms with Crippen LogP contribution in [0.1, 0.15) is 50.1 Å². The first-order chi connectivity index (χ1) is 15.4. The number of benzene rings is 1. The molecule has 11 heteroatoms. The van der Waals surface area contributed by atoms with E-state index < -0.39 is 10.0 Å². The maximum atomic E-state index is 12.8. The molecule has 1 aliphatic heterocycles. The molecule has 1 unspecified atom stereocenters. The quantitative estimate of drug-likeness (QED) is 0.580. The minimum atomic E-state index is -3.55. The normalized spacial score (nSPS) is 20.0. The summed E-state index contributed by atoms with van der Waals surface area (Å²) in [6.07, 6.45) is 6.31. The second-order valence-electron chi connectivity index (χ2n) is 8.65. The van der Waals surface area contributed by atoms with Crippen LogP contribution in [0.2, 0.25) is 0 Å². The Labute approximate surface area is 193 Å². The summed E-state index contributed by atoms with van der Waals surface area (Å²) < 4.78 is 29.7. The minimum Gasteiger partial charge on any atom is -0.342 e. The van der Waals surface area contributed by atoms with Crippen molar-refractivity contribution in [1.82, 2.24) is 29.8 Å². The van der Waals surface area contributed by atoms with Crippen molar-refractivity contribution in [2.75, 3.05) is 25.4 Å². The molecule has 4 rings (SSSR count). The van der Waals surface area contributed by atoms with Crippen LogP contribution in [0, 0.1) is 12.8 Å². The molecule has 1 amide bonds. The summed E-state index contributed by atoms with van der Waals surface area (Å²) in [5.41, 5.74) is 1.01. The molecule has 2 aromatic rings. The number of aryl methyl sites for hydroxylation is 1. The Morgan fingerprint density at radius 3 is 2.66 bits per heavy atom. The highest BCUT2D eigenvalue weighted by molar-refractivity contribution is 7.99. The van der Waals surface area contributed by atoms with E-state index in [4.69, 9.17) is 0 Å². The van der Waals surface area contributed by atoms with Crippen LogP contribution in [-0.2, 0) is 14.8 Å². The van der Waals surface area contributed by atoms with Gasteiger partial charge in [-0.1, -0.05) is 42.3 Å². The zero-order valence-corrected chi connectivity index (χ0v) is 19.9. The third-order valence-corrected chi connectivity index (χ3v) is 8.58. The highest BCUT2D eigenvalue weighted by Crippen LogP contribution is 2.31. The second kappa shape index (κ2) is 10.3. The summed E-state index contributed by atoms with van der Waals surface area (Å²) in [5, 5.41) is 12.7. The molecule has 32 heavy (non-hydrogen) atoms. The number of nitrogens with zero attached hydrogens (tertiary/aromatic N) is 5. The van der Waals surface area contributed by atoms with Crippen molar-refractivity contribution < 1.29 is 13.2 Å². The molecule has 2 fully saturated rings. The van der Waals surface area contributed by atoms with Crippen LogP contribution < -0.4 is 4.72 Å². The molecule has 1 N–H and O–H groups in total. The SMILES string of the molecule is Cc1ccc(S(=O)(=O)NCC2CCCN(C(=O)CSc3nnnn3C3CCCC3)C2)cc1. The number of thioether (sulfide) groups is 1. The molecule has 0 radical (unpaired) electrons. The number of tetrazole rings is 1. The van der Waals surface area contributed by atoms with Gasteiger partial charge in [0.1, 0.15) is 0 Å². The van der Waals surface area contributed by atoms with Crippen molar-refractivity contribution in [1.29, 1.82) is 0 Å². The van der Waals surface area contributed by atoms with Crippen LogP contribution in [0.4, 0.5) is 0 Å². The number of aromatic nitrogens is 4. The van der Waals surface area contributed by atoms with E-state index in [1.165, 1.54) is 24.6 Å². The van der Waals surface area contributed by atoms with Crippen LogP contribution in [0.25, 0.3) is 0 Å². The van der Waals surface area contributed by atoms with Crippen LogP contribution in [0.5, 0.6) is 0 Å². The van der Waals surface area contributed by atoms with Gasteiger partial charge in [-0.05, 0) is 61.1 Å². The highest BCUT2D eigenvalue weighted by Gasteiger charge is 2.27. The second-order valence-corrected chi connectivity index (χ2v) is 11.4. The molecule has 2 aliphatic rings. The number of piperidine rings is 1.